The molecule has 8 nitrogen and oxygen atoms in total. The zero-order valence-electron chi connectivity index (χ0n) is 26.3. The van der Waals surface area contributed by atoms with E-state index in [1.54, 1.807) is 11.9 Å². The summed E-state index contributed by atoms with van der Waals surface area (Å²) in [5.74, 6) is 0.793. The molecule has 0 unspecified atom stereocenters. The van der Waals surface area contributed by atoms with Gasteiger partial charge in [-0.15, -0.1) is 0 Å². The second-order valence-corrected chi connectivity index (χ2v) is 12.9. The molecule has 0 aliphatic carbocycles. The summed E-state index contributed by atoms with van der Waals surface area (Å²) >= 11 is 0. The number of nitrogens with one attached hydrogen (secondary N) is 2. The molecule has 3 aromatic rings. The number of carbonyl (C=O) groups is 2. The van der Waals surface area contributed by atoms with E-state index in [0.717, 1.165) is 39.0 Å². The molecule has 0 atom stereocenters. The minimum Gasteiger partial charge on any atom is -0.444 e. The first-order chi connectivity index (χ1) is 19.0. The van der Waals surface area contributed by atoms with E-state index in [1.165, 1.54) is 0 Å². The van der Waals surface area contributed by atoms with Crippen LogP contribution in [0.15, 0.2) is 42.5 Å². The molecule has 0 saturated carbocycles. The zero-order chi connectivity index (χ0) is 30.5. The molecule has 1 aromatic heterocycles. The third kappa shape index (κ3) is 8.84. The molecule has 2 amide bonds. The summed E-state index contributed by atoms with van der Waals surface area (Å²) in [5.41, 5.74) is 4.38. The van der Waals surface area contributed by atoms with Crippen molar-refractivity contribution in [2.75, 3.05) is 25.5 Å². The largest absolute Gasteiger partial charge is 0.444 e. The van der Waals surface area contributed by atoms with Crippen LogP contribution in [0.5, 0.6) is 5.75 Å². The Kier molecular flexibility index (Phi) is 9.89. The molecular formula is C33H46N4O4. The molecule has 0 aliphatic heterocycles. The van der Waals surface area contributed by atoms with Crippen LogP contribution in [0.25, 0.3) is 22.0 Å². The Morgan fingerprint density at radius 1 is 0.976 bits per heavy atom. The summed E-state index contributed by atoms with van der Waals surface area (Å²) < 4.78 is 11.5. The van der Waals surface area contributed by atoms with Gasteiger partial charge in [-0.1, -0.05) is 43.7 Å². The predicted molar refractivity (Wildman–Crippen MR) is 167 cm³/mol. The molecule has 0 bridgehead atoms. The summed E-state index contributed by atoms with van der Waals surface area (Å²) in [6, 6.07) is 14.2. The first-order valence-electron chi connectivity index (χ1n) is 14.2. The lowest BCUT2D eigenvalue weighted by Crippen LogP contribution is -2.44. The monoisotopic (exact) mass is 562 g/mol. The molecule has 41 heavy (non-hydrogen) atoms. The smallest absolute Gasteiger partial charge is 0.415 e. The van der Waals surface area contributed by atoms with Gasteiger partial charge in [0.2, 0.25) is 0 Å². The quantitative estimate of drug-likeness (QED) is 0.275. The number of carbonyl (C=O) groups excluding carboxylic acids is 2. The molecule has 0 saturated heterocycles. The molecule has 0 spiro atoms. The molecule has 0 fully saturated rings. The number of rotatable bonds is 8. The number of alkyl carbamates (subject to hydrolysis) is 1. The Labute approximate surface area is 244 Å². The van der Waals surface area contributed by atoms with Gasteiger partial charge in [0.15, 0.2) is 5.75 Å². The first kappa shape index (κ1) is 31.7. The number of ether oxygens (including phenoxy) is 2. The van der Waals surface area contributed by atoms with Crippen LogP contribution < -0.4 is 15.4 Å². The normalized spacial score (nSPS) is 11.9. The first-order valence-corrected chi connectivity index (χ1v) is 14.2. The Morgan fingerprint density at radius 2 is 1.63 bits per heavy atom. The van der Waals surface area contributed by atoms with E-state index in [9.17, 15) is 9.59 Å². The maximum absolute atomic E-state index is 13.4. The Morgan fingerprint density at radius 3 is 2.22 bits per heavy atom. The van der Waals surface area contributed by atoms with Crippen LogP contribution in [0.3, 0.4) is 0 Å². The van der Waals surface area contributed by atoms with Crippen LogP contribution in [-0.4, -0.2) is 53.3 Å². The van der Waals surface area contributed by atoms with E-state index in [2.05, 4.69) is 48.7 Å². The van der Waals surface area contributed by atoms with Crippen molar-refractivity contribution in [2.24, 2.45) is 5.92 Å². The minimum atomic E-state index is -0.549. The van der Waals surface area contributed by atoms with Gasteiger partial charge in [-0.2, -0.15) is 0 Å². The summed E-state index contributed by atoms with van der Waals surface area (Å²) in [5, 5.41) is 7.01. The maximum atomic E-state index is 13.4. The molecule has 1 heterocycles. The Balaban J connectivity index is 2.06. The fourth-order valence-corrected chi connectivity index (χ4v) is 4.16. The standard InChI is InChI=1S/C33H46N4O4/c1-21(2)19-27-29(40-31(39)37(10)32(4,5)6)28(23-13-11-22(3)12-14-23)25-20-24(15-16-26(25)36-27)34-17-18-35-30(38)41-33(7,8)9/h11-16,20-21,34H,17-19H2,1-10H3,(H,35,38). The van der Waals surface area contributed by atoms with Gasteiger partial charge in [0.05, 0.1) is 11.2 Å². The van der Waals surface area contributed by atoms with Crippen molar-refractivity contribution in [3.8, 4) is 16.9 Å². The van der Waals surface area contributed by atoms with Gasteiger partial charge in [0, 0.05) is 42.3 Å². The summed E-state index contributed by atoms with van der Waals surface area (Å²) in [4.78, 5) is 32.0. The average Bonchev–Trinajstić information content (AvgIpc) is 2.85. The van der Waals surface area contributed by atoms with Crippen molar-refractivity contribution in [1.29, 1.82) is 0 Å². The van der Waals surface area contributed by atoms with Gasteiger partial charge >= 0.3 is 12.2 Å². The number of anilines is 1. The highest BCUT2D eigenvalue weighted by atomic mass is 16.6. The van der Waals surface area contributed by atoms with E-state index in [1.807, 2.05) is 66.7 Å². The molecule has 0 radical (unpaired) electrons. The molecule has 3 rings (SSSR count). The van der Waals surface area contributed by atoms with Crippen molar-refractivity contribution in [3.63, 3.8) is 0 Å². The second kappa shape index (κ2) is 12.8. The lowest BCUT2D eigenvalue weighted by molar-refractivity contribution is 0.0530. The van der Waals surface area contributed by atoms with Crippen LogP contribution in [0.1, 0.15) is 66.6 Å². The van der Waals surface area contributed by atoms with Crippen LogP contribution in [0.2, 0.25) is 0 Å². The second-order valence-electron chi connectivity index (χ2n) is 12.9. The van der Waals surface area contributed by atoms with Gasteiger partial charge in [0.1, 0.15) is 5.60 Å². The van der Waals surface area contributed by atoms with E-state index in [-0.39, 0.29) is 0 Å². The van der Waals surface area contributed by atoms with Crippen molar-refractivity contribution in [3.05, 3.63) is 53.7 Å². The third-order valence-corrected chi connectivity index (χ3v) is 6.54. The molecule has 8 heteroatoms. The highest BCUT2D eigenvalue weighted by Gasteiger charge is 2.28. The maximum Gasteiger partial charge on any atom is 0.415 e. The SMILES string of the molecule is Cc1ccc(-c2c(OC(=O)N(C)C(C)(C)C)c(CC(C)C)nc3ccc(NCCNC(=O)OC(C)(C)C)cc23)cc1. The molecular weight excluding hydrogens is 516 g/mol. The van der Waals surface area contributed by atoms with Crippen molar-refractivity contribution in [2.45, 2.75) is 79.9 Å². The topological polar surface area (TPSA) is 92.8 Å². The minimum absolute atomic E-state index is 0.307. The van der Waals surface area contributed by atoms with Gasteiger partial charge in [-0.05, 0) is 84.6 Å². The number of hydrogen-bond donors (Lipinski definition) is 2. The summed E-state index contributed by atoms with van der Waals surface area (Å²) in [6.45, 7) is 18.6. The van der Waals surface area contributed by atoms with E-state index < -0.39 is 23.3 Å². The Hall–Kier alpha value is -3.81. The number of aryl methyl sites for hydroxylation is 1. The van der Waals surface area contributed by atoms with E-state index in [4.69, 9.17) is 14.5 Å². The highest BCUT2D eigenvalue weighted by Crippen LogP contribution is 2.41. The van der Waals surface area contributed by atoms with Gasteiger partial charge in [0.25, 0.3) is 0 Å². The average molecular weight is 563 g/mol. The summed E-state index contributed by atoms with van der Waals surface area (Å²) in [7, 11) is 1.75. The molecule has 2 aromatic carbocycles. The van der Waals surface area contributed by atoms with Crippen LogP contribution in [0, 0.1) is 12.8 Å². The van der Waals surface area contributed by atoms with Gasteiger partial charge < -0.3 is 25.0 Å². The van der Waals surface area contributed by atoms with Gasteiger partial charge in [-0.25, -0.2) is 14.6 Å². The van der Waals surface area contributed by atoms with Crippen molar-refractivity contribution < 1.29 is 19.1 Å². The fraction of sp³-hybridized carbons (Fsp3) is 0.485. The fourth-order valence-electron chi connectivity index (χ4n) is 4.16. The predicted octanol–water partition coefficient (Wildman–Crippen LogP) is 7.57. The number of hydrogen-bond acceptors (Lipinski definition) is 6. The number of amides is 2. The number of nitrogens with zero attached hydrogens (tertiary/aromatic N) is 2. The lowest BCUT2D eigenvalue weighted by atomic mass is 9.95. The van der Waals surface area contributed by atoms with E-state index >= 15 is 0 Å². The van der Waals surface area contributed by atoms with Crippen molar-refractivity contribution in [1.82, 2.24) is 15.2 Å². The number of aromatic nitrogens is 1. The van der Waals surface area contributed by atoms with Gasteiger partial charge in [-0.3, -0.25) is 0 Å². The molecule has 2 N–H and O–H groups in total. The number of pyridine rings is 1. The van der Waals surface area contributed by atoms with Crippen LogP contribution in [-0.2, 0) is 11.2 Å². The van der Waals surface area contributed by atoms with Crippen molar-refractivity contribution >= 4 is 28.8 Å². The Bertz CT molecular complexity index is 1370. The number of fused-ring (bicyclic) bond motifs is 1. The lowest BCUT2D eigenvalue weighted by Gasteiger charge is -2.31. The summed E-state index contributed by atoms with van der Waals surface area (Å²) in [6.07, 6.45) is -0.222. The zero-order valence-corrected chi connectivity index (χ0v) is 26.3. The highest BCUT2D eigenvalue weighted by molar-refractivity contribution is 6.00. The van der Waals surface area contributed by atoms with E-state index in [0.29, 0.717) is 31.2 Å². The van der Waals surface area contributed by atoms with Crippen LogP contribution >= 0.6 is 0 Å². The third-order valence-electron chi connectivity index (χ3n) is 6.54. The molecule has 222 valence electrons. The number of benzene rings is 2. The van der Waals surface area contributed by atoms with Crippen LogP contribution in [0.4, 0.5) is 15.3 Å². The molecule has 0 aliphatic rings.